The Morgan fingerprint density at radius 2 is 2.35 bits per heavy atom. The second-order valence-electron chi connectivity index (χ2n) is 4.40. The van der Waals surface area contributed by atoms with Crippen LogP contribution in [0.5, 0.6) is 0 Å². The van der Waals surface area contributed by atoms with E-state index in [4.69, 9.17) is 4.74 Å². The van der Waals surface area contributed by atoms with Crippen LogP contribution in [0.1, 0.15) is 31.4 Å². The SMILES string of the molecule is COC(=O)CN(Cc1cscn1)C1CCCC1. The van der Waals surface area contributed by atoms with E-state index in [2.05, 4.69) is 9.88 Å². The van der Waals surface area contributed by atoms with Crippen molar-refractivity contribution in [2.24, 2.45) is 0 Å². The monoisotopic (exact) mass is 254 g/mol. The maximum absolute atomic E-state index is 11.4. The Hall–Kier alpha value is -0.940. The summed E-state index contributed by atoms with van der Waals surface area (Å²) in [6, 6.07) is 0.510. The van der Waals surface area contributed by atoms with Gasteiger partial charge < -0.3 is 4.74 Å². The van der Waals surface area contributed by atoms with Gasteiger partial charge in [0.2, 0.25) is 0 Å². The number of aromatic nitrogens is 1. The number of thiazole rings is 1. The molecule has 17 heavy (non-hydrogen) atoms. The van der Waals surface area contributed by atoms with E-state index in [0.717, 1.165) is 12.2 Å². The van der Waals surface area contributed by atoms with Crippen LogP contribution < -0.4 is 0 Å². The largest absolute Gasteiger partial charge is 0.468 e. The number of esters is 1. The Morgan fingerprint density at radius 3 is 2.94 bits per heavy atom. The zero-order chi connectivity index (χ0) is 12.1. The molecule has 1 aromatic heterocycles. The molecule has 0 radical (unpaired) electrons. The molecule has 4 nitrogen and oxygen atoms in total. The number of hydrogen-bond donors (Lipinski definition) is 0. The van der Waals surface area contributed by atoms with E-state index in [1.165, 1.54) is 32.8 Å². The Kier molecular flexibility index (Phi) is 4.50. The molecule has 0 amide bonds. The lowest BCUT2D eigenvalue weighted by atomic mass is 10.2. The van der Waals surface area contributed by atoms with Crippen molar-refractivity contribution in [3.63, 3.8) is 0 Å². The van der Waals surface area contributed by atoms with Crippen LogP contribution in [0.15, 0.2) is 10.9 Å². The van der Waals surface area contributed by atoms with Gasteiger partial charge in [-0.1, -0.05) is 12.8 Å². The lowest BCUT2D eigenvalue weighted by molar-refractivity contribution is -0.142. The van der Waals surface area contributed by atoms with Crippen LogP contribution >= 0.6 is 11.3 Å². The van der Waals surface area contributed by atoms with Gasteiger partial charge in [-0.3, -0.25) is 9.69 Å². The van der Waals surface area contributed by atoms with E-state index < -0.39 is 0 Å². The summed E-state index contributed by atoms with van der Waals surface area (Å²) >= 11 is 1.59. The average molecular weight is 254 g/mol. The highest BCUT2D eigenvalue weighted by Crippen LogP contribution is 2.24. The second kappa shape index (κ2) is 6.12. The number of carbonyl (C=O) groups excluding carboxylic acids is 1. The van der Waals surface area contributed by atoms with Gasteiger partial charge in [-0.25, -0.2) is 4.98 Å². The third-order valence-electron chi connectivity index (χ3n) is 3.25. The fourth-order valence-electron chi connectivity index (χ4n) is 2.34. The van der Waals surface area contributed by atoms with Crippen LogP contribution in [0.2, 0.25) is 0 Å². The molecule has 0 N–H and O–H groups in total. The Labute approximate surface area is 106 Å². The smallest absolute Gasteiger partial charge is 0.319 e. The van der Waals surface area contributed by atoms with Crippen molar-refractivity contribution in [3.8, 4) is 0 Å². The number of carbonyl (C=O) groups is 1. The normalized spacial score (nSPS) is 16.6. The van der Waals surface area contributed by atoms with Gasteiger partial charge >= 0.3 is 5.97 Å². The van der Waals surface area contributed by atoms with Crippen molar-refractivity contribution in [1.29, 1.82) is 0 Å². The first kappa shape index (κ1) is 12.5. The molecule has 1 aromatic rings. The van der Waals surface area contributed by atoms with E-state index in [-0.39, 0.29) is 5.97 Å². The van der Waals surface area contributed by atoms with Gasteiger partial charge in [0.15, 0.2) is 0 Å². The van der Waals surface area contributed by atoms with Crippen LogP contribution in [-0.4, -0.2) is 35.5 Å². The molecule has 0 bridgehead atoms. The van der Waals surface area contributed by atoms with Crippen LogP contribution in [0.3, 0.4) is 0 Å². The fraction of sp³-hybridized carbons (Fsp3) is 0.667. The van der Waals surface area contributed by atoms with Gasteiger partial charge in [0.05, 0.1) is 24.9 Å². The molecule has 1 fully saturated rings. The highest BCUT2D eigenvalue weighted by atomic mass is 32.1. The quantitative estimate of drug-likeness (QED) is 0.754. The first-order valence-electron chi connectivity index (χ1n) is 5.97. The molecule has 5 heteroatoms. The van der Waals surface area contributed by atoms with E-state index in [1.54, 1.807) is 11.3 Å². The van der Waals surface area contributed by atoms with E-state index >= 15 is 0 Å². The summed E-state index contributed by atoms with van der Waals surface area (Å²) in [7, 11) is 1.44. The van der Waals surface area contributed by atoms with Crippen LogP contribution in [-0.2, 0) is 16.1 Å². The van der Waals surface area contributed by atoms with Crippen molar-refractivity contribution in [2.45, 2.75) is 38.3 Å². The molecule has 1 saturated carbocycles. The standard InChI is InChI=1S/C12H18N2O2S/c1-16-12(15)7-14(11-4-2-3-5-11)6-10-8-17-9-13-10/h8-9,11H,2-7H2,1H3. The number of rotatable bonds is 5. The van der Waals surface area contributed by atoms with Crippen LogP contribution in [0.4, 0.5) is 0 Å². The summed E-state index contributed by atoms with van der Waals surface area (Å²) in [6.07, 6.45) is 4.89. The minimum atomic E-state index is -0.160. The van der Waals surface area contributed by atoms with Crippen LogP contribution in [0, 0.1) is 0 Å². The first-order chi connectivity index (χ1) is 8.29. The van der Waals surface area contributed by atoms with Crippen molar-refractivity contribution < 1.29 is 9.53 Å². The molecule has 1 aliphatic carbocycles. The molecule has 0 atom stereocenters. The first-order valence-corrected chi connectivity index (χ1v) is 6.92. The molecule has 0 aliphatic heterocycles. The summed E-state index contributed by atoms with van der Waals surface area (Å²) < 4.78 is 4.76. The Morgan fingerprint density at radius 1 is 1.59 bits per heavy atom. The van der Waals surface area contributed by atoms with Gasteiger partial charge in [0.25, 0.3) is 0 Å². The number of nitrogens with zero attached hydrogens (tertiary/aromatic N) is 2. The molecular formula is C12H18N2O2S. The summed E-state index contributed by atoms with van der Waals surface area (Å²) in [5.41, 5.74) is 2.88. The fourth-order valence-corrected chi connectivity index (χ4v) is 2.89. The van der Waals surface area contributed by atoms with Crippen molar-refractivity contribution in [2.75, 3.05) is 13.7 Å². The molecule has 1 heterocycles. The lowest BCUT2D eigenvalue weighted by Gasteiger charge is -2.26. The highest BCUT2D eigenvalue weighted by molar-refractivity contribution is 7.07. The summed E-state index contributed by atoms with van der Waals surface area (Å²) in [4.78, 5) is 17.9. The van der Waals surface area contributed by atoms with Crippen LogP contribution in [0.25, 0.3) is 0 Å². The predicted octanol–water partition coefficient (Wildman–Crippen LogP) is 2.06. The Balaban J connectivity index is 1.98. The maximum Gasteiger partial charge on any atom is 0.319 e. The van der Waals surface area contributed by atoms with Gasteiger partial charge in [-0.05, 0) is 12.8 Å². The third-order valence-corrected chi connectivity index (χ3v) is 3.88. The topological polar surface area (TPSA) is 42.4 Å². The van der Waals surface area contributed by atoms with Gasteiger partial charge in [-0.2, -0.15) is 0 Å². The number of hydrogen-bond acceptors (Lipinski definition) is 5. The molecule has 0 saturated heterocycles. The predicted molar refractivity (Wildman–Crippen MR) is 66.8 cm³/mol. The second-order valence-corrected chi connectivity index (χ2v) is 5.12. The van der Waals surface area contributed by atoms with Crippen molar-refractivity contribution in [1.82, 2.24) is 9.88 Å². The molecule has 0 aromatic carbocycles. The molecule has 1 aliphatic rings. The van der Waals surface area contributed by atoms with Crippen molar-refractivity contribution >= 4 is 17.3 Å². The zero-order valence-corrected chi connectivity index (χ0v) is 10.9. The van der Waals surface area contributed by atoms with Gasteiger partial charge in [-0.15, -0.1) is 11.3 Å². The maximum atomic E-state index is 11.4. The molecular weight excluding hydrogens is 236 g/mol. The highest BCUT2D eigenvalue weighted by Gasteiger charge is 2.25. The van der Waals surface area contributed by atoms with E-state index in [0.29, 0.717) is 12.6 Å². The van der Waals surface area contributed by atoms with E-state index in [1.807, 2.05) is 10.9 Å². The third kappa shape index (κ3) is 3.51. The number of ether oxygens (including phenoxy) is 1. The summed E-state index contributed by atoms with van der Waals surface area (Å²) in [6.45, 7) is 1.13. The minimum absolute atomic E-state index is 0.160. The Bertz CT molecular complexity index is 347. The molecule has 0 unspecified atom stereocenters. The van der Waals surface area contributed by atoms with Crippen molar-refractivity contribution in [3.05, 3.63) is 16.6 Å². The molecule has 2 rings (SSSR count). The molecule has 0 spiro atoms. The average Bonchev–Trinajstić information content (AvgIpc) is 3.00. The molecule has 94 valence electrons. The lowest BCUT2D eigenvalue weighted by Crippen LogP contribution is -2.37. The zero-order valence-electron chi connectivity index (χ0n) is 10.1. The van der Waals surface area contributed by atoms with Gasteiger partial charge in [0.1, 0.15) is 0 Å². The minimum Gasteiger partial charge on any atom is -0.468 e. The summed E-state index contributed by atoms with van der Waals surface area (Å²) in [5, 5.41) is 2.04. The number of methoxy groups -OCH3 is 1. The summed E-state index contributed by atoms with van der Waals surface area (Å²) in [5.74, 6) is -0.160. The van der Waals surface area contributed by atoms with E-state index in [9.17, 15) is 4.79 Å². The van der Waals surface area contributed by atoms with Gasteiger partial charge in [0, 0.05) is 18.0 Å².